The molecule has 0 amide bonds. The minimum absolute atomic E-state index is 0.446. The molecule has 0 fully saturated rings. The van der Waals surface area contributed by atoms with Crippen molar-refractivity contribution >= 4 is 27.9 Å². The number of nitro groups is 1. The Morgan fingerprint density at radius 2 is 1.71 bits per heavy atom. The number of ether oxygens (including phenoxy) is 2. The zero-order valence-corrected chi connectivity index (χ0v) is 13.0. The Kier molecular flexibility index (Phi) is 5.83. The second kappa shape index (κ2) is 7.16. The Morgan fingerprint density at radius 1 is 1.24 bits per heavy atom. The molecule has 0 unspecified atom stereocenters. The van der Waals surface area contributed by atoms with E-state index in [9.17, 15) is 19.7 Å². The normalized spacial score (nSPS) is 12.3. The van der Waals surface area contributed by atoms with Crippen LogP contribution >= 0.6 is 15.9 Å². The highest BCUT2D eigenvalue weighted by atomic mass is 79.9. The third kappa shape index (κ3) is 3.57. The van der Waals surface area contributed by atoms with Gasteiger partial charge in [-0.15, -0.1) is 0 Å². The Bertz CT molecular complexity index is 517. The molecule has 1 aromatic rings. The van der Waals surface area contributed by atoms with Crippen molar-refractivity contribution in [3.8, 4) is 0 Å². The smallest absolute Gasteiger partial charge is 0.335 e. The average Bonchev–Trinajstić information content (AvgIpc) is 2.50. The summed E-state index contributed by atoms with van der Waals surface area (Å²) in [5, 5.41) is 10.9. The largest absolute Gasteiger partial charge is 0.468 e. The second-order valence-electron chi connectivity index (χ2n) is 4.17. The van der Waals surface area contributed by atoms with Gasteiger partial charge in [0.25, 0.3) is 0 Å². The zero-order valence-electron chi connectivity index (χ0n) is 11.4. The van der Waals surface area contributed by atoms with Gasteiger partial charge in [-0.2, -0.15) is 0 Å². The standard InChI is InChI=1S/C13H14BrNO6/c1-20-11(16)13(14,12(17)21-2)10(8-15(18)19)9-6-4-3-5-7-9/h3-7,10H,8H2,1-2H3/t10-/m0/s1. The predicted molar refractivity (Wildman–Crippen MR) is 76.7 cm³/mol. The molecule has 114 valence electrons. The lowest BCUT2D eigenvalue weighted by Crippen LogP contribution is -2.49. The number of nitrogens with zero attached hydrogens (tertiary/aromatic N) is 1. The van der Waals surface area contributed by atoms with Gasteiger partial charge in [0, 0.05) is 4.92 Å². The summed E-state index contributed by atoms with van der Waals surface area (Å²) in [5.41, 5.74) is 0.446. The molecule has 0 bridgehead atoms. The first kappa shape index (κ1) is 17.1. The molecule has 0 aliphatic heterocycles. The van der Waals surface area contributed by atoms with E-state index in [4.69, 9.17) is 0 Å². The highest BCUT2D eigenvalue weighted by Crippen LogP contribution is 2.38. The van der Waals surface area contributed by atoms with E-state index >= 15 is 0 Å². The van der Waals surface area contributed by atoms with Crippen molar-refractivity contribution in [3.63, 3.8) is 0 Å². The van der Waals surface area contributed by atoms with E-state index in [1.54, 1.807) is 30.3 Å². The highest BCUT2D eigenvalue weighted by Gasteiger charge is 2.55. The van der Waals surface area contributed by atoms with E-state index < -0.39 is 33.6 Å². The van der Waals surface area contributed by atoms with Gasteiger partial charge >= 0.3 is 11.9 Å². The maximum Gasteiger partial charge on any atom is 0.335 e. The van der Waals surface area contributed by atoms with Gasteiger partial charge in [0.1, 0.15) is 0 Å². The molecule has 0 aliphatic rings. The molecule has 0 saturated carbocycles. The van der Waals surface area contributed by atoms with Crippen molar-refractivity contribution in [1.82, 2.24) is 0 Å². The van der Waals surface area contributed by atoms with Gasteiger partial charge in [-0.1, -0.05) is 46.3 Å². The van der Waals surface area contributed by atoms with Crippen LogP contribution < -0.4 is 0 Å². The number of hydrogen-bond donors (Lipinski definition) is 0. The SMILES string of the molecule is COC(=O)C(Br)(C(=O)OC)[C@@H](C[N+](=O)[O-])c1ccccc1. The summed E-state index contributed by atoms with van der Waals surface area (Å²) in [6.45, 7) is -0.639. The van der Waals surface area contributed by atoms with Gasteiger partial charge in [-0.05, 0) is 5.56 Å². The predicted octanol–water partition coefficient (Wildman–Crippen LogP) is 1.53. The molecule has 21 heavy (non-hydrogen) atoms. The van der Waals surface area contributed by atoms with Crippen molar-refractivity contribution < 1.29 is 24.0 Å². The molecule has 1 aromatic carbocycles. The minimum Gasteiger partial charge on any atom is -0.468 e. The molecule has 1 rings (SSSR count). The van der Waals surface area contributed by atoms with Crippen molar-refractivity contribution in [2.45, 2.75) is 10.2 Å². The first-order valence-electron chi connectivity index (χ1n) is 5.90. The molecule has 0 aliphatic carbocycles. The number of halogens is 1. The van der Waals surface area contributed by atoms with Crippen LogP contribution in [0.15, 0.2) is 30.3 Å². The van der Waals surface area contributed by atoms with E-state index in [0.717, 1.165) is 14.2 Å². The maximum atomic E-state index is 12.0. The first-order valence-corrected chi connectivity index (χ1v) is 6.69. The number of hydrogen-bond acceptors (Lipinski definition) is 6. The van der Waals surface area contributed by atoms with Crippen molar-refractivity contribution in [2.75, 3.05) is 20.8 Å². The van der Waals surface area contributed by atoms with Crippen molar-refractivity contribution in [2.24, 2.45) is 0 Å². The summed E-state index contributed by atoms with van der Waals surface area (Å²) in [7, 11) is 2.19. The summed E-state index contributed by atoms with van der Waals surface area (Å²) < 4.78 is 7.25. The Morgan fingerprint density at radius 3 is 2.10 bits per heavy atom. The summed E-state index contributed by atoms with van der Waals surface area (Å²) in [5.74, 6) is -2.98. The van der Waals surface area contributed by atoms with Crippen LogP contribution in [0.3, 0.4) is 0 Å². The van der Waals surface area contributed by atoms with Crippen LogP contribution in [0.1, 0.15) is 11.5 Å². The van der Waals surface area contributed by atoms with Gasteiger partial charge in [-0.25, -0.2) is 9.59 Å². The lowest BCUT2D eigenvalue weighted by Gasteiger charge is -2.28. The Labute approximate surface area is 129 Å². The number of methoxy groups -OCH3 is 2. The van der Waals surface area contributed by atoms with Gasteiger partial charge in [0.05, 0.1) is 20.1 Å². The molecule has 0 saturated heterocycles. The first-order chi connectivity index (χ1) is 9.87. The van der Waals surface area contributed by atoms with Crippen LogP contribution in [-0.2, 0) is 19.1 Å². The molecular weight excluding hydrogens is 346 g/mol. The lowest BCUT2D eigenvalue weighted by atomic mass is 9.85. The van der Waals surface area contributed by atoms with E-state index in [2.05, 4.69) is 25.4 Å². The minimum atomic E-state index is -1.98. The van der Waals surface area contributed by atoms with Crippen LogP contribution in [0.2, 0.25) is 0 Å². The number of esters is 2. The fraction of sp³-hybridized carbons (Fsp3) is 0.385. The summed E-state index contributed by atoms with van der Waals surface area (Å²) in [6, 6.07) is 8.22. The van der Waals surface area contributed by atoms with Crippen molar-refractivity contribution in [1.29, 1.82) is 0 Å². The molecule has 0 radical (unpaired) electrons. The lowest BCUT2D eigenvalue weighted by molar-refractivity contribution is -0.483. The monoisotopic (exact) mass is 359 g/mol. The van der Waals surface area contributed by atoms with Crippen LogP contribution in [0.5, 0.6) is 0 Å². The van der Waals surface area contributed by atoms with Gasteiger partial charge in [0.15, 0.2) is 0 Å². The van der Waals surface area contributed by atoms with E-state index in [1.165, 1.54) is 0 Å². The van der Waals surface area contributed by atoms with Crippen LogP contribution in [0, 0.1) is 10.1 Å². The van der Waals surface area contributed by atoms with E-state index in [0.29, 0.717) is 5.56 Å². The average molecular weight is 360 g/mol. The Hall–Kier alpha value is -1.96. The molecular formula is C13H14BrNO6. The summed E-state index contributed by atoms with van der Waals surface area (Å²) in [4.78, 5) is 34.4. The molecule has 0 heterocycles. The fourth-order valence-electron chi connectivity index (χ4n) is 1.96. The molecule has 0 N–H and O–H groups in total. The topological polar surface area (TPSA) is 95.7 Å². The number of benzene rings is 1. The molecule has 8 heteroatoms. The number of rotatable bonds is 6. The molecule has 0 aromatic heterocycles. The van der Waals surface area contributed by atoms with Gasteiger partial charge in [0.2, 0.25) is 10.9 Å². The fourth-order valence-corrected chi connectivity index (χ4v) is 2.69. The summed E-state index contributed by atoms with van der Waals surface area (Å²) in [6.07, 6.45) is 0. The third-order valence-electron chi connectivity index (χ3n) is 2.98. The van der Waals surface area contributed by atoms with E-state index in [1.807, 2.05) is 0 Å². The van der Waals surface area contributed by atoms with Crippen LogP contribution in [-0.4, -0.2) is 42.0 Å². The zero-order chi connectivity index (χ0) is 16.0. The second-order valence-corrected chi connectivity index (χ2v) is 5.42. The van der Waals surface area contributed by atoms with Crippen molar-refractivity contribution in [3.05, 3.63) is 46.0 Å². The van der Waals surface area contributed by atoms with Gasteiger partial charge in [-0.3, -0.25) is 10.1 Å². The highest BCUT2D eigenvalue weighted by molar-refractivity contribution is 9.10. The Balaban J connectivity index is 3.41. The van der Waals surface area contributed by atoms with Gasteiger partial charge < -0.3 is 9.47 Å². The molecule has 1 atom stereocenters. The number of alkyl halides is 1. The maximum absolute atomic E-state index is 12.0. The summed E-state index contributed by atoms with van der Waals surface area (Å²) >= 11 is 3.01. The van der Waals surface area contributed by atoms with Crippen LogP contribution in [0.4, 0.5) is 0 Å². The third-order valence-corrected chi connectivity index (χ3v) is 4.18. The quantitative estimate of drug-likeness (QED) is 0.251. The van der Waals surface area contributed by atoms with Crippen LogP contribution in [0.25, 0.3) is 0 Å². The molecule has 0 spiro atoms. The van der Waals surface area contributed by atoms with E-state index in [-0.39, 0.29) is 0 Å². The number of carbonyl (C=O) groups is 2. The number of carbonyl (C=O) groups excluding carboxylic acids is 2. The molecule has 7 nitrogen and oxygen atoms in total.